The number of amides is 1. The van der Waals surface area contributed by atoms with Gasteiger partial charge in [0.2, 0.25) is 0 Å². The van der Waals surface area contributed by atoms with Crippen LogP contribution >= 0.6 is 12.0 Å². The molecule has 11 heteroatoms. The van der Waals surface area contributed by atoms with E-state index in [-0.39, 0.29) is 11.4 Å². The second-order valence-electron chi connectivity index (χ2n) is 5.00. The maximum atomic E-state index is 13.0. The van der Waals surface area contributed by atoms with Crippen LogP contribution in [0.25, 0.3) is 0 Å². The van der Waals surface area contributed by atoms with E-state index in [0.29, 0.717) is 28.2 Å². The highest BCUT2D eigenvalue weighted by atomic mass is 32.2. The van der Waals surface area contributed by atoms with Gasteiger partial charge in [-0.25, -0.2) is 5.26 Å². The van der Waals surface area contributed by atoms with E-state index >= 15 is 0 Å². The molecule has 0 radical (unpaired) electrons. The lowest BCUT2D eigenvalue weighted by Gasteiger charge is -2.11. The summed E-state index contributed by atoms with van der Waals surface area (Å²) in [4.78, 5) is 12.5. The van der Waals surface area contributed by atoms with Crippen molar-refractivity contribution >= 4 is 35.0 Å². The normalized spacial score (nSPS) is 15.1. The second kappa shape index (κ2) is 7.33. The predicted molar refractivity (Wildman–Crippen MR) is 87.3 cm³/mol. The van der Waals surface area contributed by atoms with Gasteiger partial charge in [-0.15, -0.1) is 4.33 Å². The Bertz CT molecular complexity index is 873. The molecule has 2 aromatic carbocycles. The van der Waals surface area contributed by atoms with Crippen LogP contribution in [0.5, 0.6) is 0 Å². The molecule has 1 heterocycles. The second-order valence-corrected chi connectivity index (χ2v) is 5.78. The highest BCUT2D eigenvalue weighted by molar-refractivity contribution is 7.94. The Morgan fingerprint density at radius 3 is 2.69 bits per heavy atom. The molecule has 7 nitrogen and oxygen atoms in total. The molecule has 2 aromatic rings. The minimum Gasteiger partial charge on any atom is -0.320 e. The van der Waals surface area contributed by atoms with E-state index in [9.17, 15) is 18.0 Å². The molecule has 0 bridgehead atoms. The summed E-state index contributed by atoms with van der Waals surface area (Å²) in [5.74, 6) is -0.571. The number of alkyl halides is 3. The maximum absolute atomic E-state index is 13.0. The van der Waals surface area contributed by atoms with Crippen molar-refractivity contribution < 1.29 is 32.6 Å². The van der Waals surface area contributed by atoms with Crippen molar-refractivity contribution in [1.29, 1.82) is 0 Å². The Labute approximate surface area is 148 Å². The average molecular weight is 385 g/mol. The first-order valence-corrected chi connectivity index (χ1v) is 7.75. The number of nitrogens with one attached hydrogen (secondary N) is 2. The number of carbonyl (C=O) groups is 1. The Kier molecular flexibility index (Phi) is 5.13. The van der Waals surface area contributed by atoms with E-state index in [4.69, 9.17) is 5.26 Å². The van der Waals surface area contributed by atoms with Crippen molar-refractivity contribution in [2.24, 2.45) is 5.10 Å². The maximum Gasteiger partial charge on any atom is 0.418 e. The summed E-state index contributed by atoms with van der Waals surface area (Å²) in [6.07, 6.45) is -4.56. The van der Waals surface area contributed by atoms with Crippen LogP contribution in [-0.4, -0.2) is 16.9 Å². The molecule has 0 atom stereocenters. The summed E-state index contributed by atoms with van der Waals surface area (Å²) < 4.78 is 43.4. The Morgan fingerprint density at radius 1 is 1.19 bits per heavy atom. The molecule has 136 valence electrons. The number of fused-ring (bicyclic) bond motifs is 1. The zero-order valence-corrected chi connectivity index (χ0v) is 13.5. The average Bonchev–Trinajstić information content (AvgIpc) is 2.92. The third-order valence-corrected chi connectivity index (χ3v) is 3.97. The number of carbonyl (C=O) groups excluding carboxylic acids is 1. The smallest absolute Gasteiger partial charge is 0.320 e. The zero-order chi connectivity index (χ0) is 18.7. The molecule has 3 rings (SSSR count). The zero-order valence-electron chi connectivity index (χ0n) is 12.7. The van der Waals surface area contributed by atoms with Crippen LogP contribution in [0.4, 0.5) is 24.5 Å². The first-order chi connectivity index (χ1) is 12.4. The molecule has 0 unspecified atom stereocenters. The van der Waals surface area contributed by atoms with Crippen LogP contribution in [0.2, 0.25) is 0 Å². The molecule has 0 saturated carbocycles. The number of rotatable bonds is 5. The first kappa shape index (κ1) is 18.2. The van der Waals surface area contributed by atoms with E-state index in [2.05, 4.69) is 25.2 Å². The molecular weight excluding hydrogens is 375 g/mol. The molecule has 1 aliphatic heterocycles. The van der Waals surface area contributed by atoms with Crippen LogP contribution in [0.1, 0.15) is 11.1 Å². The summed E-state index contributed by atoms with van der Waals surface area (Å²) >= 11 is 0.675. The highest BCUT2D eigenvalue weighted by Gasteiger charge is 2.33. The van der Waals surface area contributed by atoms with Gasteiger partial charge in [-0.05, 0) is 30.3 Å². The molecule has 26 heavy (non-hydrogen) atoms. The number of benzene rings is 2. The lowest BCUT2D eigenvalue weighted by Crippen LogP contribution is -2.16. The minimum absolute atomic E-state index is 0.0932. The van der Waals surface area contributed by atoms with Gasteiger partial charge < -0.3 is 5.32 Å². The largest absolute Gasteiger partial charge is 0.418 e. The quantitative estimate of drug-likeness (QED) is 0.411. The lowest BCUT2D eigenvalue weighted by molar-refractivity contribution is -0.432. The number of nitrogens with zero attached hydrogens (tertiary/aromatic N) is 1. The topological polar surface area (TPSA) is 92.2 Å². The van der Waals surface area contributed by atoms with Gasteiger partial charge in [-0.3, -0.25) is 10.2 Å². The van der Waals surface area contributed by atoms with Crippen LogP contribution in [0, 0.1) is 0 Å². The monoisotopic (exact) mass is 385 g/mol. The number of para-hydroxylation sites is 1. The van der Waals surface area contributed by atoms with Gasteiger partial charge in [0.15, 0.2) is 5.71 Å². The van der Waals surface area contributed by atoms with Gasteiger partial charge in [0.05, 0.1) is 29.0 Å². The molecular formula is C15H10F3N3O4S. The first-order valence-electron chi connectivity index (χ1n) is 7.00. The number of hydrogen-bond donors (Lipinski definition) is 3. The van der Waals surface area contributed by atoms with Crippen molar-refractivity contribution in [3.63, 3.8) is 0 Å². The molecule has 3 N–H and O–H groups in total. The minimum atomic E-state index is -4.56. The van der Waals surface area contributed by atoms with Crippen molar-refractivity contribution in [3.8, 4) is 0 Å². The van der Waals surface area contributed by atoms with E-state index in [0.717, 1.165) is 6.07 Å². The number of hydrogen-bond acceptors (Lipinski definition) is 7. The highest BCUT2D eigenvalue weighted by Crippen LogP contribution is 2.35. The van der Waals surface area contributed by atoms with Crippen molar-refractivity contribution in [3.05, 3.63) is 53.6 Å². The Morgan fingerprint density at radius 2 is 1.96 bits per heavy atom. The van der Waals surface area contributed by atoms with E-state index in [1.165, 1.54) is 24.3 Å². The third kappa shape index (κ3) is 3.80. The summed E-state index contributed by atoms with van der Waals surface area (Å²) in [5.41, 5.74) is 1.82. The molecule has 0 saturated heterocycles. The molecule has 0 fully saturated rings. The van der Waals surface area contributed by atoms with Gasteiger partial charge in [0.1, 0.15) is 0 Å². The van der Waals surface area contributed by atoms with Gasteiger partial charge in [0.25, 0.3) is 5.91 Å². The van der Waals surface area contributed by atoms with E-state index in [1.807, 2.05) is 0 Å². The Hall–Kier alpha value is -2.60. The van der Waals surface area contributed by atoms with Crippen LogP contribution in [0.15, 0.2) is 52.5 Å². The summed E-state index contributed by atoms with van der Waals surface area (Å²) in [6.45, 7) is 0. The number of halogens is 3. The standard InChI is InChI=1S/C15H10F3N3O4S/c16-15(17,18)10-3-1-2-4-12(10)20-21-13-9-7-8(26-25-24-23)5-6-11(9)19-14(13)22/h1-7,20,23H,(H,19,21,22). The fourth-order valence-corrected chi connectivity index (χ4v) is 2.69. The number of hydrazone groups is 1. The van der Waals surface area contributed by atoms with E-state index in [1.54, 1.807) is 12.1 Å². The van der Waals surface area contributed by atoms with Crippen LogP contribution in [0.3, 0.4) is 0 Å². The summed E-state index contributed by atoms with van der Waals surface area (Å²) in [6, 6.07) is 9.44. The predicted octanol–water partition coefficient (Wildman–Crippen LogP) is 3.90. The van der Waals surface area contributed by atoms with Gasteiger partial charge in [0, 0.05) is 10.5 Å². The number of anilines is 2. The SMILES string of the molecule is O=C1Nc2ccc(SOOO)cc2/C1=N/Nc1ccccc1C(F)(F)F. The van der Waals surface area contributed by atoms with Gasteiger partial charge in [-0.1, -0.05) is 17.2 Å². The van der Waals surface area contributed by atoms with Crippen molar-refractivity contribution in [2.45, 2.75) is 11.1 Å². The van der Waals surface area contributed by atoms with Crippen molar-refractivity contribution in [2.75, 3.05) is 10.7 Å². The molecule has 0 aromatic heterocycles. The fraction of sp³-hybridized carbons (Fsp3) is 0.0667. The fourth-order valence-electron chi connectivity index (χ4n) is 2.29. The third-order valence-electron chi connectivity index (χ3n) is 3.39. The van der Waals surface area contributed by atoms with Crippen LogP contribution < -0.4 is 10.7 Å². The Balaban J connectivity index is 1.91. The molecule has 0 aliphatic carbocycles. The van der Waals surface area contributed by atoms with Crippen LogP contribution in [-0.2, 0) is 20.3 Å². The van der Waals surface area contributed by atoms with Gasteiger partial charge >= 0.3 is 6.18 Å². The summed E-state index contributed by atoms with van der Waals surface area (Å²) in [7, 11) is 0. The summed E-state index contributed by atoms with van der Waals surface area (Å²) in [5, 5.41) is 18.1. The molecule has 1 aliphatic rings. The van der Waals surface area contributed by atoms with E-state index < -0.39 is 17.6 Å². The van der Waals surface area contributed by atoms with Gasteiger partial charge in [-0.2, -0.15) is 18.3 Å². The molecule has 0 spiro atoms. The van der Waals surface area contributed by atoms with Crippen molar-refractivity contribution in [1.82, 2.24) is 0 Å². The molecule has 1 amide bonds. The lowest BCUT2D eigenvalue weighted by atomic mass is 10.1.